The molecule has 0 aliphatic carbocycles. The van der Waals surface area contributed by atoms with Crippen LogP contribution < -0.4 is 0 Å². The summed E-state index contributed by atoms with van der Waals surface area (Å²) in [7, 11) is 0. The lowest BCUT2D eigenvalue weighted by Gasteiger charge is -2.26. The molecule has 3 heteroatoms. The van der Waals surface area contributed by atoms with E-state index in [1.54, 1.807) is 0 Å². The van der Waals surface area contributed by atoms with E-state index in [9.17, 15) is 10.2 Å². The second-order valence-electron chi connectivity index (χ2n) is 5.68. The molecule has 0 saturated heterocycles. The molecule has 0 radical (unpaired) electrons. The minimum atomic E-state index is -0.830. The quantitative estimate of drug-likeness (QED) is 0.697. The fraction of sp³-hybridized carbons (Fsp3) is 0.625. The van der Waals surface area contributed by atoms with Crippen LogP contribution in [0, 0.1) is 0 Å². The van der Waals surface area contributed by atoms with Crippen LogP contribution in [-0.4, -0.2) is 22.1 Å². The van der Waals surface area contributed by atoms with Crippen LogP contribution in [0.4, 0.5) is 0 Å². The Balaban J connectivity index is 3.28. The summed E-state index contributed by atoms with van der Waals surface area (Å²) in [4.78, 5) is 0. The number of aliphatic hydroxyl groups is 2. The highest BCUT2D eigenvalue weighted by atomic mass is 32.1. The average Bonchev–Trinajstić information content (AvgIpc) is 2.36. The number of hydrogen-bond donors (Lipinski definition) is 3. The summed E-state index contributed by atoms with van der Waals surface area (Å²) in [6.45, 7) is 8.45. The number of rotatable bonds is 6. The highest BCUT2D eigenvalue weighted by Gasteiger charge is 2.25. The SMILES string of the molecule is CC(C)c1cccc(C(C)C)c1C(O)C(O)CCS. The van der Waals surface area contributed by atoms with E-state index >= 15 is 0 Å². The van der Waals surface area contributed by atoms with Gasteiger partial charge in [0.2, 0.25) is 0 Å². The predicted molar refractivity (Wildman–Crippen MR) is 84.1 cm³/mol. The van der Waals surface area contributed by atoms with Crippen LogP contribution in [0.25, 0.3) is 0 Å². The van der Waals surface area contributed by atoms with Gasteiger partial charge in [0, 0.05) is 0 Å². The molecule has 0 aromatic heterocycles. The number of hydrogen-bond acceptors (Lipinski definition) is 3. The van der Waals surface area contributed by atoms with Gasteiger partial charge in [0.1, 0.15) is 6.10 Å². The molecule has 2 nitrogen and oxygen atoms in total. The molecule has 0 aliphatic heterocycles. The van der Waals surface area contributed by atoms with Gasteiger partial charge in [0.25, 0.3) is 0 Å². The molecule has 0 fully saturated rings. The molecule has 2 atom stereocenters. The molecule has 0 saturated carbocycles. The van der Waals surface area contributed by atoms with E-state index in [0.717, 1.165) is 16.7 Å². The number of aliphatic hydroxyl groups excluding tert-OH is 2. The Hall–Kier alpha value is -0.510. The molecular formula is C16H26O2S. The van der Waals surface area contributed by atoms with Crippen molar-refractivity contribution in [3.63, 3.8) is 0 Å². The van der Waals surface area contributed by atoms with Gasteiger partial charge < -0.3 is 10.2 Å². The number of benzene rings is 1. The van der Waals surface area contributed by atoms with Crippen LogP contribution in [0.5, 0.6) is 0 Å². The van der Waals surface area contributed by atoms with Crippen LogP contribution in [0.3, 0.4) is 0 Å². The van der Waals surface area contributed by atoms with Gasteiger partial charge in [0.05, 0.1) is 6.10 Å². The normalized spacial score (nSPS) is 15.0. The van der Waals surface area contributed by atoms with Crippen molar-refractivity contribution in [1.29, 1.82) is 0 Å². The molecule has 0 heterocycles. The minimum Gasteiger partial charge on any atom is -0.390 e. The first-order valence-corrected chi connectivity index (χ1v) is 7.63. The van der Waals surface area contributed by atoms with Crippen LogP contribution >= 0.6 is 12.6 Å². The van der Waals surface area contributed by atoms with Crippen molar-refractivity contribution >= 4 is 12.6 Å². The Morgan fingerprint density at radius 1 is 1.00 bits per heavy atom. The van der Waals surface area contributed by atoms with Gasteiger partial charge >= 0.3 is 0 Å². The third-order valence-electron chi connectivity index (χ3n) is 3.50. The van der Waals surface area contributed by atoms with Gasteiger partial charge in [-0.3, -0.25) is 0 Å². The maximum Gasteiger partial charge on any atom is 0.105 e. The first-order valence-electron chi connectivity index (χ1n) is 6.99. The van der Waals surface area contributed by atoms with Crippen molar-refractivity contribution < 1.29 is 10.2 Å². The van der Waals surface area contributed by atoms with Gasteiger partial charge in [-0.05, 0) is 40.7 Å². The molecule has 19 heavy (non-hydrogen) atoms. The molecule has 1 aromatic carbocycles. The summed E-state index contributed by atoms with van der Waals surface area (Å²) in [5, 5.41) is 20.6. The minimum absolute atomic E-state index is 0.326. The summed E-state index contributed by atoms with van der Waals surface area (Å²) in [5.41, 5.74) is 3.15. The van der Waals surface area contributed by atoms with E-state index in [0.29, 0.717) is 24.0 Å². The van der Waals surface area contributed by atoms with Crippen molar-refractivity contribution in [1.82, 2.24) is 0 Å². The fourth-order valence-electron chi connectivity index (χ4n) is 2.43. The molecule has 2 N–H and O–H groups in total. The first kappa shape index (κ1) is 16.5. The topological polar surface area (TPSA) is 40.5 Å². The van der Waals surface area contributed by atoms with Crippen molar-refractivity contribution in [3.8, 4) is 0 Å². The molecule has 0 spiro atoms. The monoisotopic (exact) mass is 282 g/mol. The molecule has 1 aromatic rings. The third kappa shape index (κ3) is 3.98. The van der Waals surface area contributed by atoms with Crippen LogP contribution in [0.2, 0.25) is 0 Å². The average molecular weight is 282 g/mol. The smallest absolute Gasteiger partial charge is 0.105 e. The van der Waals surface area contributed by atoms with Gasteiger partial charge in [-0.1, -0.05) is 45.9 Å². The van der Waals surface area contributed by atoms with Crippen molar-refractivity contribution in [2.45, 2.75) is 58.2 Å². The second-order valence-corrected chi connectivity index (χ2v) is 6.13. The molecular weight excluding hydrogens is 256 g/mol. The van der Waals surface area contributed by atoms with Crippen molar-refractivity contribution in [2.24, 2.45) is 0 Å². The van der Waals surface area contributed by atoms with E-state index in [-0.39, 0.29) is 0 Å². The maximum atomic E-state index is 10.5. The zero-order valence-corrected chi connectivity index (χ0v) is 13.2. The predicted octanol–water partition coefficient (Wildman–Crippen LogP) is 3.65. The molecule has 1 rings (SSSR count). The lowest BCUT2D eigenvalue weighted by Crippen LogP contribution is -2.22. The molecule has 0 aliphatic rings. The summed E-state index contributed by atoms with van der Waals surface area (Å²) < 4.78 is 0. The Morgan fingerprint density at radius 2 is 1.47 bits per heavy atom. The van der Waals surface area contributed by atoms with E-state index < -0.39 is 12.2 Å². The van der Waals surface area contributed by atoms with E-state index in [1.807, 2.05) is 18.2 Å². The van der Waals surface area contributed by atoms with E-state index in [1.165, 1.54) is 0 Å². The highest BCUT2D eigenvalue weighted by molar-refractivity contribution is 7.80. The first-order chi connectivity index (χ1) is 8.90. The summed E-state index contributed by atoms with van der Waals surface area (Å²) in [5.74, 6) is 1.22. The number of thiol groups is 1. The molecule has 108 valence electrons. The van der Waals surface area contributed by atoms with Gasteiger partial charge in [-0.2, -0.15) is 12.6 Å². The lowest BCUT2D eigenvalue weighted by molar-refractivity contribution is 0.0159. The lowest BCUT2D eigenvalue weighted by atomic mass is 9.84. The summed E-state index contributed by atoms with van der Waals surface area (Å²) in [6.07, 6.45) is -1.09. The molecule has 2 unspecified atom stereocenters. The van der Waals surface area contributed by atoms with Crippen LogP contribution in [0.1, 0.15) is 68.7 Å². The standard InChI is InChI=1S/C16H26O2S/c1-10(2)12-6-5-7-13(11(3)4)15(12)16(18)14(17)8-9-19/h5-7,10-11,14,16-19H,8-9H2,1-4H3. The zero-order valence-electron chi connectivity index (χ0n) is 12.3. The fourth-order valence-corrected chi connectivity index (χ4v) is 2.70. The Bertz CT molecular complexity index is 375. The van der Waals surface area contributed by atoms with E-state index in [4.69, 9.17) is 0 Å². The largest absolute Gasteiger partial charge is 0.390 e. The Morgan fingerprint density at radius 3 is 1.84 bits per heavy atom. The zero-order chi connectivity index (χ0) is 14.6. The molecule has 0 amide bonds. The summed E-state index contributed by atoms with van der Waals surface area (Å²) in [6, 6.07) is 6.12. The van der Waals surface area contributed by atoms with Crippen molar-refractivity contribution in [3.05, 3.63) is 34.9 Å². The Kier molecular flexibility index (Phi) is 6.37. The van der Waals surface area contributed by atoms with Gasteiger partial charge in [-0.25, -0.2) is 0 Å². The third-order valence-corrected chi connectivity index (χ3v) is 3.76. The van der Waals surface area contributed by atoms with Crippen LogP contribution in [-0.2, 0) is 0 Å². The van der Waals surface area contributed by atoms with Crippen LogP contribution in [0.15, 0.2) is 18.2 Å². The maximum absolute atomic E-state index is 10.5. The molecule has 0 bridgehead atoms. The van der Waals surface area contributed by atoms with Gasteiger partial charge in [-0.15, -0.1) is 0 Å². The highest BCUT2D eigenvalue weighted by Crippen LogP contribution is 2.34. The van der Waals surface area contributed by atoms with Crippen molar-refractivity contribution in [2.75, 3.05) is 5.75 Å². The second kappa shape index (κ2) is 7.32. The van der Waals surface area contributed by atoms with Gasteiger partial charge in [0.15, 0.2) is 0 Å². The summed E-state index contributed by atoms with van der Waals surface area (Å²) >= 11 is 4.13. The van der Waals surface area contributed by atoms with E-state index in [2.05, 4.69) is 40.3 Å². The Labute approximate surface area is 122 Å².